The molecule has 10 heteroatoms. The summed E-state index contributed by atoms with van der Waals surface area (Å²) in [6.07, 6.45) is -3.34. The number of hydrogen-bond acceptors (Lipinski definition) is 5. The van der Waals surface area contributed by atoms with E-state index in [1.165, 1.54) is 12.3 Å². The molecule has 4 rings (SSSR count). The van der Waals surface area contributed by atoms with Gasteiger partial charge in [-0.15, -0.1) is 0 Å². The number of halogens is 3. The average molecular weight is 534 g/mol. The maximum absolute atomic E-state index is 13.2. The molecule has 0 aromatic heterocycles. The fourth-order valence-electron chi connectivity index (χ4n) is 3.59. The zero-order valence-corrected chi connectivity index (χ0v) is 20.4. The van der Waals surface area contributed by atoms with Crippen molar-refractivity contribution in [2.75, 3.05) is 18.2 Å². The van der Waals surface area contributed by atoms with Gasteiger partial charge >= 0.3 is 12.1 Å². The van der Waals surface area contributed by atoms with E-state index in [4.69, 9.17) is 4.74 Å². The van der Waals surface area contributed by atoms with Crippen molar-refractivity contribution >= 4 is 40.5 Å². The number of carbonyl (C=O) groups excluding carboxylic acids is 3. The van der Waals surface area contributed by atoms with Gasteiger partial charge in [-0.05, 0) is 46.7 Å². The number of ether oxygens (including phenoxy) is 1. The Morgan fingerprint density at radius 2 is 1.56 bits per heavy atom. The van der Waals surface area contributed by atoms with E-state index in [-0.39, 0.29) is 5.69 Å². The van der Waals surface area contributed by atoms with Crippen LogP contribution in [0.15, 0.2) is 102 Å². The largest absolute Gasteiger partial charge is 0.454 e. The van der Waals surface area contributed by atoms with E-state index in [1.807, 2.05) is 24.3 Å². The molecule has 0 bridgehead atoms. The molecular weight excluding hydrogens is 511 g/mol. The summed E-state index contributed by atoms with van der Waals surface area (Å²) in [5.74, 6) is -2.31. The van der Waals surface area contributed by atoms with E-state index in [0.717, 1.165) is 34.0 Å². The first-order valence-electron chi connectivity index (χ1n) is 11.7. The highest BCUT2D eigenvalue weighted by atomic mass is 19.4. The number of alkyl halides is 3. The minimum absolute atomic E-state index is 0.164. The zero-order valence-electron chi connectivity index (χ0n) is 20.4. The Kier molecular flexibility index (Phi) is 8.35. The predicted octanol–water partition coefficient (Wildman–Crippen LogP) is 5.20. The van der Waals surface area contributed by atoms with Gasteiger partial charge in [-0.3, -0.25) is 14.4 Å². The number of benzene rings is 4. The molecule has 4 aromatic carbocycles. The van der Waals surface area contributed by atoms with Crippen molar-refractivity contribution < 1.29 is 32.3 Å². The van der Waals surface area contributed by atoms with Crippen LogP contribution in [0.5, 0.6) is 0 Å². The Bertz CT molecular complexity index is 1520. The molecule has 4 aromatic rings. The van der Waals surface area contributed by atoms with Crippen molar-refractivity contribution in [1.82, 2.24) is 5.32 Å². The van der Waals surface area contributed by atoms with Crippen LogP contribution in [-0.4, -0.2) is 37.1 Å². The second-order valence-electron chi connectivity index (χ2n) is 8.31. The van der Waals surface area contributed by atoms with Crippen molar-refractivity contribution in [1.29, 1.82) is 0 Å². The van der Waals surface area contributed by atoms with E-state index >= 15 is 0 Å². The van der Waals surface area contributed by atoms with Crippen molar-refractivity contribution in [3.8, 4) is 0 Å². The Morgan fingerprint density at radius 3 is 2.31 bits per heavy atom. The number of hydrazone groups is 1. The third-order valence-electron chi connectivity index (χ3n) is 5.54. The summed E-state index contributed by atoms with van der Waals surface area (Å²) in [6.45, 7) is -1.33. The molecule has 1 N–H and O–H groups in total. The Hall–Kier alpha value is -4.99. The van der Waals surface area contributed by atoms with Gasteiger partial charge in [-0.2, -0.15) is 23.3 Å². The molecule has 0 atom stereocenters. The molecule has 39 heavy (non-hydrogen) atoms. The van der Waals surface area contributed by atoms with E-state index in [0.29, 0.717) is 11.1 Å². The van der Waals surface area contributed by atoms with Crippen molar-refractivity contribution in [3.63, 3.8) is 0 Å². The number of nitrogens with zero attached hydrogens (tertiary/aromatic N) is 2. The van der Waals surface area contributed by atoms with Crippen LogP contribution in [0, 0.1) is 0 Å². The van der Waals surface area contributed by atoms with Crippen LogP contribution in [0.2, 0.25) is 0 Å². The number of anilines is 1. The fourth-order valence-corrected chi connectivity index (χ4v) is 3.59. The van der Waals surface area contributed by atoms with E-state index in [9.17, 15) is 27.6 Å². The highest BCUT2D eigenvalue weighted by Gasteiger charge is 2.31. The number of rotatable bonds is 8. The molecule has 0 aliphatic rings. The second-order valence-corrected chi connectivity index (χ2v) is 8.31. The first-order valence-corrected chi connectivity index (χ1v) is 11.7. The van der Waals surface area contributed by atoms with Crippen molar-refractivity contribution in [2.24, 2.45) is 5.10 Å². The molecule has 0 unspecified atom stereocenters. The summed E-state index contributed by atoms with van der Waals surface area (Å²) in [4.78, 5) is 37.6. The Balaban J connectivity index is 1.41. The molecule has 0 saturated heterocycles. The smallest absolute Gasteiger partial charge is 0.416 e. The number of fused-ring (bicyclic) bond motifs is 1. The third kappa shape index (κ3) is 7.29. The molecule has 0 heterocycles. The van der Waals surface area contributed by atoms with Gasteiger partial charge in [0.2, 0.25) is 0 Å². The van der Waals surface area contributed by atoms with Crippen LogP contribution in [0.1, 0.15) is 21.5 Å². The second kappa shape index (κ2) is 12.0. The van der Waals surface area contributed by atoms with Crippen molar-refractivity contribution in [2.45, 2.75) is 6.18 Å². The number of carbonyl (C=O) groups is 3. The van der Waals surface area contributed by atoms with Gasteiger partial charge in [0, 0.05) is 5.56 Å². The van der Waals surface area contributed by atoms with Crippen LogP contribution in [-0.2, 0) is 20.5 Å². The monoisotopic (exact) mass is 533 g/mol. The van der Waals surface area contributed by atoms with Crippen LogP contribution in [0.4, 0.5) is 18.9 Å². The lowest BCUT2D eigenvalue weighted by atomic mass is 10.1. The molecule has 0 radical (unpaired) electrons. The van der Waals surface area contributed by atoms with Gasteiger partial charge in [0.1, 0.15) is 6.54 Å². The van der Waals surface area contributed by atoms with Gasteiger partial charge in [0.05, 0.1) is 17.5 Å². The number of hydrogen-bond donors (Lipinski definition) is 1. The minimum atomic E-state index is -4.64. The molecule has 198 valence electrons. The standard InChI is InChI=1S/C29H22F3N3O4/c30-29(31,32)24-11-6-12-25(16-24)35(34-17-20-7-2-1-3-8-20)26(36)19-39-27(37)18-33-28(38)23-14-13-21-9-4-5-10-22(21)15-23/h1-17H,18-19H2,(H,33,38)/b34-17-. The number of esters is 1. The lowest BCUT2D eigenvalue weighted by Gasteiger charge is -2.18. The summed E-state index contributed by atoms with van der Waals surface area (Å²) >= 11 is 0. The van der Waals surface area contributed by atoms with Crippen LogP contribution in [0.25, 0.3) is 10.8 Å². The van der Waals surface area contributed by atoms with Crippen LogP contribution in [0.3, 0.4) is 0 Å². The molecule has 0 spiro atoms. The summed E-state index contributed by atoms with van der Waals surface area (Å²) in [7, 11) is 0. The van der Waals surface area contributed by atoms with E-state index in [2.05, 4.69) is 10.4 Å². The van der Waals surface area contributed by atoms with Gasteiger partial charge in [-0.25, -0.2) is 0 Å². The quantitative estimate of drug-likeness (QED) is 0.192. The first-order chi connectivity index (χ1) is 18.7. The molecule has 0 aliphatic heterocycles. The summed E-state index contributed by atoms with van der Waals surface area (Å²) in [6, 6.07) is 25.2. The third-order valence-corrected chi connectivity index (χ3v) is 5.54. The fraction of sp³-hybridized carbons (Fsp3) is 0.103. The summed E-state index contributed by atoms with van der Waals surface area (Å²) < 4.78 is 44.7. The molecule has 0 fully saturated rings. The van der Waals surface area contributed by atoms with Crippen LogP contribution < -0.4 is 10.3 Å². The SMILES string of the molecule is O=C(CNC(=O)c1ccc2ccccc2c1)OCC(=O)N(/N=C\c1ccccc1)c1cccc(C(F)(F)F)c1. The minimum Gasteiger partial charge on any atom is -0.454 e. The van der Waals surface area contributed by atoms with E-state index < -0.39 is 42.7 Å². The Labute approximate surface area is 221 Å². The van der Waals surface area contributed by atoms with E-state index in [1.54, 1.807) is 48.5 Å². The summed E-state index contributed by atoms with van der Waals surface area (Å²) in [5, 5.41) is 8.99. The first kappa shape index (κ1) is 27.1. The molecule has 0 aliphatic carbocycles. The van der Waals surface area contributed by atoms with Gasteiger partial charge in [-0.1, -0.05) is 66.7 Å². The highest BCUT2D eigenvalue weighted by Crippen LogP contribution is 2.31. The maximum Gasteiger partial charge on any atom is 0.416 e. The van der Waals surface area contributed by atoms with Gasteiger partial charge in [0.15, 0.2) is 6.61 Å². The average Bonchev–Trinajstić information content (AvgIpc) is 2.95. The lowest BCUT2D eigenvalue weighted by Crippen LogP contribution is -2.34. The Morgan fingerprint density at radius 1 is 0.846 bits per heavy atom. The zero-order chi connectivity index (χ0) is 27.8. The highest BCUT2D eigenvalue weighted by molar-refractivity contribution is 6.00. The maximum atomic E-state index is 13.2. The van der Waals surface area contributed by atoms with Gasteiger partial charge < -0.3 is 10.1 Å². The molecule has 7 nitrogen and oxygen atoms in total. The topological polar surface area (TPSA) is 88.1 Å². The van der Waals surface area contributed by atoms with Crippen LogP contribution >= 0.6 is 0 Å². The van der Waals surface area contributed by atoms with Crippen molar-refractivity contribution in [3.05, 3.63) is 114 Å². The predicted molar refractivity (Wildman–Crippen MR) is 140 cm³/mol. The molecule has 0 saturated carbocycles. The molecular formula is C29H22F3N3O4. The number of amides is 2. The number of nitrogens with one attached hydrogen (secondary N) is 1. The lowest BCUT2D eigenvalue weighted by molar-refractivity contribution is -0.146. The van der Waals surface area contributed by atoms with Gasteiger partial charge in [0.25, 0.3) is 11.8 Å². The molecule has 2 amide bonds. The normalized spacial score (nSPS) is 11.4. The summed E-state index contributed by atoms with van der Waals surface area (Å²) in [5.41, 5.74) is -0.206.